The first-order valence-corrected chi connectivity index (χ1v) is 6.69. The number of carbonyl (C=O) groups excluding carboxylic acids is 2. The first kappa shape index (κ1) is 17.2. The summed E-state index contributed by atoms with van der Waals surface area (Å²) in [5.74, 6) is 0.459. The molecule has 2 N–H and O–H groups in total. The van der Waals surface area contributed by atoms with Crippen LogP contribution in [0.1, 0.15) is 36.5 Å². The van der Waals surface area contributed by atoms with Crippen molar-refractivity contribution in [3.8, 4) is 18.1 Å². The van der Waals surface area contributed by atoms with Crippen molar-refractivity contribution >= 4 is 17.8 Å². The quantitative estimate of drug-likeness (QED) is 0.345. The number of carboxylic acids is 1. The van der Waals surface area contributed by atoms with Crippen LogP contribution in [0.5, 0.6) is 5.75 Å². The number of rotatable bonds is 7. The normalized spacial score (nSPS) is 11.1. The molecule has 0 aliphatic heterocycles. The number of hydrogen-bond acceptors (Lipinski definition) is 4. The van der Waals surface area contributed by atoms with Gasteiger partial charge in [0, 0.05) is 18.9 Å². The summed E-state index contributed by atoms with van der Waals surface area (Å²) < 4.78 is 4.88. The summed E-state index contributed by atoms with van der Waals surface area (Å²) in [5.41, 5.74) is 0.210. The predicted octanol–water partition coefficient (Wildman–Crippen LogP) is 1.60. The Balaban J connectivity index is 2.75. The summed E-state index contributed by atoms with van der Waals surface area (Å²) in [6.07, 6.45) is 6.31. The van der Waals surface area contributed by atoms with Crippen molar-refractivity contribution in [1.29, 1.82) is 0 Å². The molecule has 0 unspecified atom stereocenters. The molecule has 0 saturated heterocycles. The second kappa shape index (κ2) is 8.47. The van der Waals surface area contributed by atoms with Crippen molar-refractivity contribution in [2.45, 2.75) is 32.2 Å². The van der Waals surface area contributed by atoms with Crippen LogP contribution in [0.4, 0.5) is 0 Å². The molecule has 0 heterocycles. The average molecular weight is 303 g/mol. The van der Waals surface area contributed by atoms with E-state index in [-0.39, 0.29) is 17.7 Å². The SMILES string of the molecule is C#CCCC[C@H](NC(=O)c1cccc(OC(C)=O)c1)C(=O)O. The van der Waals surface area contributed by atoms with Crippen molar-refractivity contribution in [2.24, 2.45) is 0 Å². The smallest absolute Gasteiger partial charge is 0.326 e. The molecule has 0 bridgehead atoms. The van der Waals surface area contributed by atoms with Gasteiger partial charge in [-0.2, -0.15) is 0 Å². The minimum atomic E-state index is -1.12. The molecule has 6 nitrogen and oxygen atoms in total. The first-order valence-electron chi connectivity index (χ1n) is 6.69. The Morgan fingerprint density at radius 1 is 1.41 bits per heavy atom. The van der Waals surface area contributed by atoms with E-state index < -0.39 is 23.9 Å². The molecule has 1 aromatic rings. The maximum atomic E-state index is 12.1. The summed E-state index contributed by atoms with van der Waals surface area (Å²) >= 11 is 0. The van der Waals surface area contributed by atoms with Gasteiger partial charge in [-0.25, -0.2) is 4.79 Å². The third kappa shape index (κ3) is 5.67. The third-order valence-electron chi connectivity index (χ3n) is 2.78. The van der Waals surface area contributed by atoms with Gasteiger partial charge in [0.05, 0.1) is 0 Å². The van der Waals surface area contributed by atoms with E-state index in [9.17, 15) is 14.4 Å². The van der Waals surface area contributed by atoms with Gasteiger partial charge in [0.25, 0.3) is 5.91 Å². The zero-order valence-electron chi connectivity index (χ0n) is 12.2. The molecule has 6 heteroatoms. The number of amides is 1. The fourth-order valence-electron chi connectivity index (χ4n) is 1.77. The van der Waals surface area contributed by atoms with E-state index in [4.69, 9.17) is 16.3 Å². The zero-order chi connectivity index (χ0) is 16.5. The lowest BCUT2D eigenvalue weighted by Gasteiger charge is -2.14. The molecule has 22 heavy (non-hydrogen) atoms. The molecule has 0 aliphatic carbocycles. The molecule has 0 fully saturated rings. The zero-order valence-corrected chi connectivity index (χ0v) is 12.2. The van der Waals surface area contributed by atoms with Gasteiger partial charge in [-0.1, -0.05) is 6.07 Å². The number of carbonyl (C=O) groups is 3. The van der Waals surface area contributed by atoms with E-state index in [1.54, 1.807) is 6.07 Å². The number of hydrogen-bond donors (Lipinski definition) is 2. The maximum absolute atomic E-state index is 12.1. The number of ether oxygens (including phenoxy) is 1. The van der Waals surface area contributed by atoms with E-state index >= 15 is 0 Å². The van der Waals surface area contributed by atoms with Crippen molar-refractivity contribution in [3.63, 3.8) is 0 Å². The fourth-order valence-corrected chi connectivity index (χ4v) is 1.77. The molecule has 0 saturated carbocycles. The van der Waals surface area contributed by atoms with Crippen LogP contribution in [0.3, 0.4) is 0 Å². The molecular weight excluding hydrogens is 286 g/mol. The van der Waals surface area contributed by atoms with E-state index in [0.717, 1.165) is 0 Å². The standard InChI is InChI=1S/C16H17NO5/c1-3-4-5-9-14(16(20)21)17-15(19)12-7-6-8-13(10-12)22-11(2)18/h1,6-8,10,14H,4-5,9H2,2H3,(H,17,19)(H,20,21)/t14-/m0/s1. The van der Waals surface area contributed by atoms with Gasteiger partial charge < -0.3 is 15.2 Å². The van der Waals surface area contributed by atoms with Gasteiger partial charge in [-0.05, 0) is 31.0 Å². The number of benzene rings is 1. The highest BCUT2D eigenvalue weighted by Gasteiger charge is 2.20. The number of terminal acetylenes is 1. The molecule has 0 spiro atoms. The summed E-state index contributed by atoms with van der Waals surface area (Å²) in [5, 5.41) is 11.5. The number of esters is 1. The number of aliphatic carboxylic acids is 1. The molecule has 1 amide bonds. The van der Waals surface area contributed by atoms with Gasteiger partial charge in [0.2, 0.25) is 0 Å². The predicted molar refractivity (Wildman–Crippen MR) is 79.3 cm³/mol. The Labute approximate surface area is 128 Å². The van der Waals surface area contributed by atoms with Crippen LogP contribution in [0.15, 0.2) is 24.3 Å². The van der Waals surface area contributed by atoms with Crippen LogP contribution < -0.4 is 10.1 Å². The van der Waals surface area contributed by atoms with Crippen molar-refractivity contribution in [3.05, 3.63) is 29.8 Å². The van der Waals surface area contributed by atoms with Gasteiger partial charge in [0.1, 0.15) is 11.8 Å². The van der Waals surface area contributed by atoms with Crippen LogP contribution in [-0.4, -0.2) is 29.0 Å². The Morgan fingerprint density at radius 2 is 2.14 bits per heavy atom. The van der Waals surface area contributed by atoms with Crippen LogP contribution in [0, 0.1) is 12.3 Å². The Morgan fingerprint density at radius 3 is 2.73 bits per heavy atom. The summed E-state index contributed by atoms with van der Waals surface area (Å²) in [6, 6.07) is 4.93. The highest BCUT2D eigenvalue weighted by molar-refractivity contribution is 5.97. The molecule has 1 aromatic carbocycles. The van der Waals surface area contributed by atoms with E-state index in [2.05, 4.69) is 11.2 Å². The highest BCUT2D eigenvalue weighted by Crippen LogP contribution is 2.14. The van der Waals surface area contributed by atoms with Crippen molar-refractivity contribution < 1.29 is 24.2 Å². The lowest BCUT2D eigenvalue weighted by molar-refractivity contribution is -0.139. The number of carboxylic acid groups (broad SMARTS) is 1. The summed E-state index contributed by atoms with van der Waals surface area (Å²) in [4.78, 5) is 34.1. The van der Waals surface area contributed by atoms with E-state index in [0.29, 0.717) is 12.8 Å². The molecule has 0 radical (unpaired) electrons. The minimum absolute atomic E-state index is 0.210. The Hall–Kier alpha value is -2.81. The molecule has 116 valence electrons. The molecule has 1 atom stereocenters. The van der Waals surface area contributed by atoms with Gasteiger partial charge in [-0.3, -0.25) is 9.59 Å². The van der Waals surface area contributed by atoms with Gasteiger partial charge in [-0.15, -0.1) is 12.3 Å². The summed E-state index contributed by atoms with van der Waals surface area (Å²) in [6.45, 7) is 1.25. The number of unbranched alkanes of at least 4 members (excludes halogenated alkanes) is 1. The monoisotopic (exact) mass is 303 g/mol. The van der Waals surface area contributed by atoms with Crippen molar-refractivity contribution in [1.82, 2.24) is 5.32 Å². The Kier molecular flexibility index (Phi) is 6.64. The molecule has 1 rings (SSSR count). The fraction of sp³-hybridized carbons (Fsp3) is 0.312. The first-order chi connectivity index (χ1) is 10.4. The van der Waals surface area contributed by atoms with Crippen molar-refractivity contribution in [2.75, 3.05) is 0 Å². The molecule has 0 aromatic heterocycles. The van der Waals surface area contributed by atoms with E-state index in [1.165, 1.54) is 25.1 Å². The van der Waals surface area contributed by atoms with Crippen LogP contribution in [0.2, 0.25) is 0 Å². The van der Waals surface area contributed by atoms with Gasteiger partial charge >= 0.3 is 11.9 Å². The Bertz CT molecular complexity index is 603. The number of nitrogens with one attached hydrogen (secondary N) is 1. The maximum Gasteiger partial charge on any atom is 0.326 e. The second-order valence-corrected chi connectivity index (χ2v) is 4.58. The topological polar surface area (TPSA) is 92.7 Å². The minimum Gasteiger partial charge on any atom is -0.480 e. The summed E-state index contributed by atoms with van der Waals surface area (Å²) in [7, 11) is 0. The molecule has 0 aliphatic rings. The van der Waals surface area contributed by atoms with Crippen LogP contribution in [0.25, 0.3) is 0 Å². The second-order valence-electron chi connectivity index (χ2n) is 4.58. The van der Waals surface area contributed by atoms with Crippen LogP contribution in [-0.2, 0) is 9.59 Å². The lowest BCUT2D eigenvalue weighted by atomic mass is 10.1. The lowest BCUT2D eigenvalue weighted by Crippen LogP contribution is -2.40. The highest BCUT2D eigenvalue weighted by atomic mass is 16.5. The third-order valence-corrected chi connectivity index (χ3v) is 2.78. The van der Waals surface area contributed by atoms with Crippen LogP contribution >= 0.6 is 0 Å². The largest absolute Gasteiger partial charge is 0.480 e. The molecular formula is C16H17NO5. The van der Waals surface area contributed by atoms with E-state index in [1.807, 2.05) is 0 Å². The average Bonchev–Trinajstić information content (AvgIpc) is 2.45. The van der Waals surface area contributed by atoms with Gasteiger partial charge in [0.15, 0.2) is 0 Å².